The minimum absolute atomic E-state index is 0.187. The third-order valence-corrected chi connectivity index (χ3v) is 7.32. The second kappa shape index (κ2) is 10.5. The Morgan fingerprint density at radius 3 is 2.52 bits per heavy atom. The van der Waals surface area contributed by atoms with E-state index < -0.39 is 5.91 Å². The number of nitrogens with two attached hydrogens (primary N) is 1. The van der Waals surface area contributed by atoms with E-state index in [1.165, 1.54) is 0 Å². The molecule has 2 aromatic carbocycles. The van der Waals surface area contributed by atoms with Gasteiger partial charge in [0.25, 0.3) is 0 Å². The highest BCUT2D eigenvalue weighted by molar-refractivity contribution is 6.35. The SMILES string of the molecule is CC(C)N1CCC(COCC(c2ccccc2Cl)n2cc(Cl)c3ccc(C(N)=O)cc32)CC1. The molecule has 1 saturated heterocycles. The van der Waals surface area contributed by atoms with Crippen molar-refractivity contribution in [3.05, 3.63) is 69.8 Å². The molecule has 1 unspecified atom stereocenters. The molecule has 4 rings (SSSR count). The largest absolute Gasteiger partial charge is 0.379 e. The molecule has 5 nitrogen and oxygen atoms in total. The molecule has 1 amide bonds. The third-order valence-electron chi connectivity index (χ3n) is 6.68. The predicted octanol–water partition coefficient (Wildman–Crippen LogP) is 5.77. The first-order valence-electron chi connectivity index (χ1n) is 11.5. The number of aromatic nitrogens is 1. The van der Waals surface area contributed by atoms with Crippen LogP contribution in [-0.4, -0.2) is 47.7 Å². The maximum absolute atomic E-state index is 11.8. The lowest BCUT2D eigenvalue weighted by Crippen LogP contribution is -2.39. The molecule has 0 radical (unpaired) electrons. The number of carbonyl (C=O) groups excluding carboxylic acids is 1. The van der Waals surface area contributed by atoms with Crippen LogP contribution in [0, 0.1) is 5.92 Å². The average Bonchev–Trinajstić information content (AvgIpc) is 3.13. The number of rotatable bonds is 8. The summed E-state index contributed by atoms with van der Waals surface area (Å²) in [5.74, 6) is 0.0809. The van der Waals surface area contributed by atoms with E-state index in [0.29, 0.717) is 40.8 Å². The molecule has 1 aromatic heterocycles. The van der Waals surface area contributed by atoms with Gasteiger partial charge in [0.05, 0.1) is 23.2 Å². The number of primary amides is 1. The molecule has 0 aliphatic carbocycles. The molecule has 2 heterocycles. The van der Waals surface area contributed by atoms with Crippen molar-refractivity contribution in [1.82, 2.24) is 9.47 Å². The lowest BCUT2D eigenvalue weighted by Gasteiger charge is -2.34. The van der Waals surface area contributed by atoms with Crippen LogP contribution in [0.2, 0.25) is 10.0 Å². The molecule has 3 aromatic rings. The monoisotopic (exact) mass is 487 g/mol. The number of hydrogen-bond donors (Lipinski definition) is 1. The quantitative estimate of drug-likeness (QED) is 0.438. The van der Waals surface area contributed by atoms with Crippen LogP contribution >= 0.6 is 23.2 Å². The topological polar surface area (TPSA) is 60.5 Å². The standard InChI is InChI=1S/C26H31Cl2N3O2/c1-17(2)30-11-9-18(10-12-30)15-33-16-25(20-5-3-4-6-22(20)27)31-14-23(28)21-8-7-19(26(29)32)13-24(21)31/h3-8,13-14,17-18,25H,9-12,15-16H2,1-2H3,(H2,29,32). The molecule has 0 bridgehead atoms. The van der Waals surface area contributed by atoms with Gasteiger partial charge >= 0.3 is 0 Å². The molecule has 0 spiro atoms. The van der Waals surface area contributed by atoms with E-state index in [4.69, 9.17) is 33.7 Å². The predicted molar refractivity (Wildman–Crippen MR) is 135 cm³/mol. The van der Waals surface area contributed by atoms with Gasteiger partial charge in [-0.25, -0.2) is 0 Å². The number of fused-ring (bicyclic) bond motifs is 1. The summed E-state index contributed by atoms with van der Waals surface area (Å²) in [6, 6.07) is 13.5. The van der Waals surface area contributed by atoms with Gasteiger partial charge in [0.15, 0.2) is 0 Å². The summed E-state index contributed by atoms with van der Waals surface area (Å²) in [6.45, 7) is 7.91. The van der Waals surface area contributed by atoms with Gasteiger partial charge in [0.1, 0.15) is 0 Å². The zero-order chi connectivity index (χ0) is 23.5. The highest BCUT2D eigenvalue weighted by Crippen LogP contribution is 2.34. The van der Waals surface area contributed by atoms with Gasteiger partial charge < -0.3 is 19.9 Å². The molecule has 1 atom stereocenters. The maximum Gasteiger partial charge on any atom is 0.248 e. The van der Waals surface area contributed by atoms with Crippen LogP contribution < -0.4 is 5.73 Å². The van der Waals surface area contributed by atoms with Gasteiger partial charge in [0, 0.05) is 34.8 Å². The van der Waals surface area contributed by atoms with Crippen molar-refractivity contribution in [2.75, 3.05) is 26.3 Å². The average molecular weight is 488 g/mol. The van der Waals surface area contributed by atoms with Gasteiger partial charge in [-0.15, -0.1) is 0 Å². The number of benzene rings is 2. The van der Waals surface area contributed by atoms with Crippen molar-refractivity contribution in [2.24, 2.45) is 11.7 Å². The lowest BCUT2D eigenvalue weighted by molar-refractivity contribution is 0.0500. The first-order chi connectivity index (χ1) is 15.8. The van der Waals surface area contributed by atoms with E-state index in [0.717, 1.165) is 42.4 Å². The molecule has 1 aliphatic rings. The van der Waals surface area contributed by atoms with Crippen LogP contribution in [0.25, 0.3) is 10.9 Å². The first kappa shape index (κ1) is 24.1. The Labute approximate surface area is 205 Å². The van der Waals surface area contributed by atoms with Crippen molar-refractivity contribution in [3.8, 4) is 0 Å². The zero-order valence-corrected chi connectivity index (χ0v) is 20.6. The maximum atomic E-state index is 11.8. The normalized spacial score (nSPS) is 16.5. The van der Waals surface area contributed by atoms with Crippen LogP contribution in [0.5, 0.6) is 0 Å². The summed E-state index contributed by atoms with van der Waals surface area (Å²) in [4.78, 5) is 14.3. The van der Waals surface area contributed by atoms with Gasteiger partial charge in [0.2, 0.25) is 5.91 Å². The number of carbonyl (C=O) groups is 1. The molecule has 2 N–H and O–H groups in total. The van der Waals surface area contributed by atoms with E-state index in [1.807, 2.05) is 41.1 Å². The highest BCUT2D eigenvalue weighted by atomic mass is 35.5. The van der Waals surface area contributed by atoms with Gasteiger partial charge in [-0.05, 0) is 69.5 Å². The minimum atomic E-state index is -0.473. The molecule has 1 aliphatic heterocycles. The summed E-state index contributed by atoms with van der Waals surface area (Å²) in [7, 11) is 0. The first-order valence-corrected chi connectivity index (χ1v) is 12.3. The molecule has 0 saturated carbocycles. The lowest BCUT2D eigenvalue weighted by atomic mass is 9.97. The summed E-state index contributed by atoms with van der Waals surface area (Å²) >= 11 is 13.2. The van der Waals surface area contributed by atoms with Crippen LogP contribution in [0.1, 0.15) is 48.7 Å². The number of piperidine rings is 1. The van der Waals surface area contributed by atoms with E-state index >= 15 is 0 Å². The van der Waals surface area contributed by atoms with Gasteiger partial charge in [-0.1, -0.05) is 47.5 Å². The number of hydrogen-bond acceptors (Lipinski definition) is 3. The van der Waals surface area contributed by atoms with Gasteiger partial charge in [-0.3, -0.25) is 4.79 Å². The van der Waals surface area contributed by atoms with E-state index in [1.54, 1.807) is 12.1 Å². The van der Waals surface area contributed by atoms with Crippen LogP contribution in [0.3, 0.4) is 0 Å². The number of halogens is 2. The Morgan fingerprint density at radius 1 is 1.12 bits per heavy atom. The summed E-state index contributed by atoms with van der Waals surface area (Å²) in [5.41, 5.74) is 7.75. The molecule has 7 heteroatoms. The fourth-order valence-electron chi connectivity index (χ4n) is 4.67. The Bertz CT molecular complexity index is 1120. The van der Waals surface area contributed by atoms with Crippen LogP contribution in [0.4, 0.5) is 0 Å². The Balaban J connectivity index is 1.59. The summed E-state index contributed by atoms with van der Waals surface area (Å²) in [6.07, 6.45) is 4.18. The summed E-state index contributed by atoms with van der Waals surface area (Å²) in [5, 5.41) is 2.14. The molecule has 1 fully saturated rings. The van der Waals surface area contributed by atoms with Crippen molar-refractivity contribution in [1.29, 1.82) is 0 Å². The Kier molecular flexibility index (Phi) is 7.65. The number of nitrogens with zero attached hydrogens (tertiary/aromatic N) is 2. The minimum Gasteiger partial charge on any atom is -0.379 e. The number of likely N-dealkylation sites (tertiary alicyclic amines) is 1. The number of ether oxygens (including phenoxy) is 1. The third kappa shape index (κ3) is 5.38. The van der Waals surface area contributed by atoms with Crippen molar-refractivity contribution in [2.45, 2.75) is 38.8 Å². The molecule has 176 valence electrons. The highest BCUT2D eigenvalue weighted by Gasteiger charge is 2.24. The molecular formula is C26H31Cl2N3O2. The fraction of sp³-hybridized carbons (Fsp3) is 0.423. The van der Waals surface area contributed by atoms with E-state index in [2.05, 4.69) is 18.7 Å². The summed E-state index contributed by atoms with van der Waals surface area (Å²) < 4.78 is 8.35. The smallest absolute Gasteiger partial charge is 0.248 e. The second-order valence-corrected chi connectivity index (χ2v) is 9.94. The van der Waals surface area contributed by atoms with Crippen LogP contribution in [0.15, 0.2) is 48.7 Å². The second-order valence-electron chi connectivity index (χ2n) is 9.13. The Hall–Kier alpha value is -2.05. The van der Waals surface area contributed by atoms with E-state index in [9.17, 15) is 4.79 Å². The van der Waals surface area contributed by atoms with Crippen LogP contribution in [-0.2, 0) is 4.74 Å². The molecule has 33 heavy (non-hydrogen) atoms. The van der Waals surface area contributed by atoms with E-state index in [-0.39, 0.29) is 6.04 Å². The van der Waals surface area contributed by atoms with Crippen molar-refractivity contribution < 1.29 is 9.53 Å². The zero-order valence-electron chi connectivity index (χ0n) is 19.1. The van der Waals surface area contributed by atoms with Gasteiger partial charge in [-0.2, -0.15) is 0 Å². The number of amides is 1. The van der Waals surface area contributed by atoms with Crippen molar-refractivity contribution >= 4 is 40.0 Å². The fourth-order valence-corrected chi connectivity index (χ4v) is 5.19. The molecular weight excluding hydrogens is 457 g/mol. The Morgan fingerprint density at radius 2 is 1.85 bits per heavy atom. The van der Waals surface area contributed by atoms with Crippen molar-refractivity contribution in [3.63, 3.8) is 0 Å².